The van der Waals surface area contributed by atoms with Crippen LogP contribution in [0.1, 0.15) is 41.6 Å². The summed E-state index contributed by atoms with van der Waals surface area (Å²) in [6, 6.07) is 2.54. The Bertz CT molecular complexity index is 643. The van der Waals surface area contributed by atoms with Crippen molar-refractivity contribution < 1.29 is 23.4 Å². The second-order valence-electron chi connectivity index (χ2n) is 4.32. The van der Waals surface area contributed by atoms with Crippen LogP contribution in [0.5, 0.6) is 0 Å². The Morgan fingerprint density at radius 1 is 1.48 bits per heavy atom. The molecule has 0 saturated carbocycles. The van der Waals surface area contributed by atoms with Crippen molar-refractivity contribution in [2.24, 2.45) is 0 Å². The fourth-order valence-corrected chi connectivity index (χ4v) is 1.91. The summed E-state index contributed by atoms with van der Waals surface area (Å²) in [5.74, 6) is -0.630. The van der Waals surface area contributed by atoms with Gasteiger partial charge in [-0.1, -0.05) is 0 Å². The van der Waals surface area contributed by atoms with E-state index < -0.39 is 12.4 Å². The molecular weight excluding hydrogens is 284 g/mol. The summed E-state index contributed by atoms with van der Waals surface area (Å²) in [6.07, 6.45) is -1.97. The molecule has 0 radical (unpaired) electrons. The topological polar surface area (TPSA) is 76.7 Å². The molecule has 114 valence electrons. The van der Waals surface area contributed by atoms with Gasteiger partial charge in [-0.15, -0.1) is 0 Å². The van der Waals surface area contributed by atoms with Gasteiger partial charge in [0.05, 0.1) is 6.61 Å². The van der Waals surface area contributed by atoms with Crippen molar-refractivity contribution >= 4 is 11.6 Å². The molecule has 0 aromatic carbocycles. The number of halogens is 2. The Kier molecular flexibility index (Phi) is 4.79. The standard InChI is InChI=1S/C13H15F2N3O3/c1-2-21-13(20)10-7-11-16-9(12(14)15)6-8(4-3-5-19)18(11)17-10/h6-7,12,19H,2-5H2,1H3. The number of aryl methyl sites for hydroxylation is 1. The zero-order valence-corrected chi connectivity index (χ0v) is 11.4. The van der Waals surface area contributed by atoms with Gasteiger partial charge < -0.3 is 9.84 Å². The van der Waals surface area contributed by atoms with E-state index in [2.05, 4.69) is 10.1 Å². The molecule has 2 rings (SSSR count). The number of hydrogen-bond acceptors (Lipinski definition) is 5. The zero-order chi connectivity index (χ0) is 15.4. The summed E-state index contributed by atoms with van der Waals surface area (Å²) >= 11 is 0. The third kappa shape index (κ3) is 3.33. The largest absolute Gasteiger partial charge is 0.461 e. The minimum Gasteiger partial charge on any atom is -0.461 e. The number of esters is 1. The molecule has 0 fully saturated rings. The summed E-state index contributed by atoms with van der Waals surface area (Å²) < 4.78 is 31.9. The van der Waals surface area contributed by atoms with E-state index in [0.717, 1.165) is 0 Å². The van der Waals surface area contributed by atoms with Gasteiger partial charge in [-0.25, -0.2) is 23.1 Å². The van der Waals surface area contributed by atoms with Gasteiger partial charge in [0.1, 0.15) is 5.69 Å². The molecule has 0 saturated heterocycles. The smallest absolute Gasteiger partial charge is 0.358 e. The highest BCUT2D eigenvalue weighted by Gasteiger charge is 2.18. The number of aliphatic hydroxyl groups excluding tert-OH is 1. The Balaban J connectivity index is 2.48. The highest BCUT2D eigenvalue weighted by molar-refractivity contribution is 5.88. The highest BCUT2D eigenvalue weighted by atomic mass is 19.3. The summed E-state index contributed by atoms with van der Waals surface area (Å²) in [5.41, 5.74) is 0.246. The summed E-state index contributed by atoms with van der Waals surface area (Å²) in [5, 5.41) is 12.9. The number of carbonyl (C=O) groups excluding carboxylic acids is 1. The predicted molar refractivity (Wildman–Crippen MR) is 69.3 cm³/mol. The van der Waals surface area contributed by atoms with Gasteiger partial charge in [0.15, 0.2) is 11.3 Å². The maximum Gasteiger partial charge on any atom is 0.358 e. The molecule has 0 spiro atoms. The number of carbonyl (C=O) groups is 1. The van der Waals surface area contributed by atoms with Gasteiger partial charge in [0, 0.05) is 18.4 Å². The van der Waals surface area contributed by atoms with E-state index in [1.807, 2.05) is 0 Å². The lowest BCUT2D eigenvalue weighted by molar-refractivity contribution is 0.0519. The van der Waals surface area contributed by atoms with E-state index >= 15 is 0 Å². The van der Waals surface area contributed by atoms with E-state index in [0.29, 0.717) is 18.5 Å². The van der Waals surface area contributed by atoms with Crippen LogP contribution in [-0.2, 0) is 11.2 Å². The van der Waals surface area contributed by atoms with Crippen LogP contribution < -0.4 is 0 Å². The molecule has 0 bridgehead atoms. The average Bonchev–Trinajstić information content (AvgIpc) is 2.88. The lowest BCUT2D eigenvalue weighted by atomic mass is 10.2. The fourth-order valence-electron chi connectivity index (χ4n) is 1.91. The Labute approximate surface area is 119 Å². The van der Waals surface area contributed by atoms with Crippen LogP contribution >= 0.6 is 0 Å². The summed E-state index contributed by atoms with van der Waals surface area (Å²) in [6.45, 7) is 1.78. The fraction of sp³-hybridized carbons (Fsp3) is 0.462. The lowest BCUT2D eigenvalue weighted by Gasteiger charge is -2.06. The average molecular weight is 299 g/mol. The monoisotopic (exact) mass is 299 g/mol. The second-order valence-corrected chi connectivity index (χ2v) is 4.32. The minimum atomic E-state index is -2.72. The van der Waals surface area contributed by atoms with Crippen LogP contribution in [0.4, 0.5) is 8.78 Å². The molecular formula is C13H15F2N3O3. The molecule has 0 atom stereocenters. The van der Waals surface area contributed by atoms with Crippen LogP contribution in [0.15, 0.2) is 12.1 Å². The van der Waals surface area contributed by atoms with Crippen LogP contribution in [0.2, 0.25) is 0 Å². The quantitative estimate of drug-likeness (QED) is 0.823. The van der Waals surface area contributed by atoms with Crippen LogP contribution in [0.3, 0.4) is 0 Å². The Morgan fingerprint density at radius 2 is 2.24 bits per heavy atom. The molecule has 2 heterocycles. The van der Waals surface area contributed by atoms with E-state index in [1.54, 1.807) is 6.92 Å². The number of rotatable bonds is 6. The third-order valence-electron chi connectivity index (χ3n) is 2.82. The van der Waals surface area contributed by atoms with Crippen molar-refractivity contribution in [1.82, 2.24) is 14.6 Å². The van der Waals surface area contributed by atoms with Crippen LogP contribution in [-0.4, -0.2) is 38.9 Å². The molecule has 6 nitrogen and oxygen atoms in total. The molecule has 0 amide bonds. The Morgan fingerprint density at radius 3 is 2.86 bits per heavy atom. The molecule has 0 aliphatic carbocycles. The summed E-state index contributed by atoms with van der Waals surface area (Å²) in [7, 11) is 0. The van der Waals surface area contributed by atoms with Crippen molar-refractivity contribution in [3.63, 3.8) is 0 Å². The maximum absolute atomic E-state index is 12.9. The number of nitrogens with zero attached hydrogens (tertiary/aromatic N) is 3. The number of alkyl halides is 2. The number of aliphatic hydroxyl groups is 1. The molecule has 8 heteroatoms. The van der Waals surface area contributed by atoms with Gasteiger partial charge in [0.25, 0.3) is 6.43 Å². The predicted octanol–water partition coefficient (Wildman–Crippen LogP) is 1.77. The van der Waals surface area contributed by atoms with Gasteiger partial charge in [-0.05, 0) is 25.8 Å². The molecule has 1 N–H and O–H groups in total. The van der Waals surface area contributed by atoms with Crippen molar-refractivity contribution in [3.05, 3.63) is 29.2 Å². The minimum absolute atomic E-state index is 0.0148. The first-order chi connectivity index (χ1) is 10.1. The van der Waals surface area contributed by atoms with Crippen molar-refractivity contribution in [2.75, 3.05) is 13.2 Å². The molecule has 2 aromatic rings. The van der Waals surface area contributed by atoms with Gasteiger partial charge in [0.2, 0.25) is 0 Å². The number of ether oxygens (including phenoxy) is 1. The summed E-state index contributed by atoms with van der Waals surface area (Å²) in [4.78, 5) is 15.4. The van der Waals surface area contributed by atoms with E-state index in [9.17, 15) is 13.6 Å². The SMILES string of the molecule is CCOC(=O)c1cc2nc(C(F)F)cc(CCCO)n2n1. The third-order valence-corrected chi connectivity index (χ3v) is 2.82. The van der Waals surface area contributed by atoms with Gasteiger partial charge in [-0.2, -0.15) is 5.10 Å². The van der Waals surface area contributed by atoms with Gasteiger partial charge >= 0.3 is 5.97 Å². The van der Waals surface area contributed by atoms with E-state index in [1.165, 1.54) is 16.6 Å². The van der Waals surface area contributed by atoms with E-state index in [4.69, 9.17) is 9.84 Å². The first-order valence-corrected chi connectivity index (χ1v) is 6.52. The molecule has 0 unspecified atom stereocenters. The first kappa shape index (κ1) is 15.3. The molecule has 0 aliphatic heterocycles. The zero-order valence-electron chi connectivity index (χ0n) is 11.4. The molecule has 2 aromatic heterocycles. The van der Waals surface area contributed by atoms with Crippen molar-refractivity contribution in [1.29, 1.82) is 0 Å². The maximum atomic E-state index is 12.9. The lowest BCUT2D eigenvalue weighted by Crippen LogP contribution is -2.07. The number of fused-ring (bicyclic) bond motifs is 1. The highest BCUT2D eigenvalue weighted by Crippen LogP contribution is 2.20. The van der Waals surface area contributed by atoms with Crippen molar-refractivity contribution in [3.8, 4) is 0 Å². The second kappa shape index (κ2) is 6.57. The van der Waals surface area contributed by atoms with Crippen molar-refractivity contribution in [2.45, 2.75) is 26.2 Å². The van der Waals surface area contributed by atoms with Gasteiger partial charge in [-0.3, -0.25) is 0 Å². The Hall–Kier alpha value is -2.09. The molecule has 21 heavy (non-hydrogen) atoms. The number of hydrogen-bond donors (Lipinski definition) is 1. The molecule has 0 aliphatic rings. The van der Waals surface area contributed by atoms with Crippen LogP contribution in [0, 0.1) is 0 Å². The van der Waals surface area contributed by atoms with E-state index in [-0.39, 0.29) is 30.2 Å². The van der Waals surface area contributed by atoms with Crippen LogP contribution in [0.25, 0.3) is 5.65 Å². The number of aromatic nitrogens is 3. The normalized spacial score (nSPS) is 11.3. The first-order valence-electron chi connectivity index (χ1n) is 6.52.